The van der Waals surface area contributed by atoms with Crippen molar-refractivity contribution >= 4 is 16.6 Å². The van der Waals surface area contributed by atoms with Crippen molar-refractivity contribution in [2.24, 2.45) is 0 Å². The van der Waals surface area contributed by atoms with Crippen LogP contribution in [-0.4, -0.2) is 31.3 Å². The summed E-state index contributed by atoms with van der Waals surface area (Å²) in [7, 11) is 0. The normalized spacial score (nSPS) is 16.9. The van der Waals surface area contributed by atoms with Gasteiger partial charge in [-0.05, 0) is 30.5 Å². The molecule has 1 saturated heterocycles. The molecule has 2 heterocycles. The Balaban J connectivity index is 1.97. The lowest BCUT2D eigenvalue weighted by Gasteiger charge is -2.28. The van der Waals surface area contributed by atoms with Crippen LogP contribution < -0.4 is 4.90 Å². The smallest absolute Gasteiger partial charge is 0.0642 e. The van der Waals surface area contributed by atoms with Crippen LogP contribution in [0.25, 0.3) is 10.9 Å². The Labute approximate surface area is 95.0 Å². The highest BCUT2D eigenvalue weighted by atomic mass is 16.5. The minimum Gasteiger partial charge on any atom is -0.378 e. The number of aromatic amines is 1. The molecule has 84 valence electrons. The van der Waals surface area contributed by atoms with Crippen LogP contribution in [0.1, 0.15) is 5.69 Å². The van der Waals surface area contributed by atoms with E-state index in [0.29, 0.717) is 0 Å². The number of nitrogens with zero attached hydrogens (tertiary/aromatic N) is 1. The van der Waals surface area contributed by atoms with Crippen LogP contribution in [0, 0.1) is 6.92 Å². The summed E-state index contributed by atoms with van der Waals surface area (Å²) >= 11 is 0. The SMILES string of the molecule is Cc1cc2ccc(N3CCOCC3)cc2[nH]1. The highest BCUT2D eigenvalue weighted by molar-refractivity contribution is 5.84. The Kier molecular flexibility index (Phi) is 2.33. The second-order valence-electron chi connectivity index (χ2n) is 4.32. The molecule has 3 heteroatoms. The Hall–Kier alpha value is -1.48. The number of hydrogen-bond donors (Lipinski definition) is 1. The summed E-state index contributed by atoms with van der Waals surface area (Å²) in [4.78, 5) is 5.75. The molecule has 1 aromatic heterocycles. The van der Waals surface area contributed by atoms with Crippen LogP contribution in [-0.2, 0) is 4.74 Å². The van der Waals surface area contributed by atoms with Crippen LogP contribution in [0.4, 0.5) is 5.69 Å². The largest absolute Gasteiger partial charge is 0.378 e. The predicted molar refractivity (Wildman–Crippen MR) is 66.1 cm³/mol. The first kappa shape index (κ1) is 9.73. The molecular weight excluding hydrogens is 200 g/mol. The third-order valence-corrected chi connectivity index (χ3v) is 3.12. The van der Waals surface area contributed by atoms with E-state index in [9.17, 15) is 0 Å². The lowest BCUT2D eigenvalue weighted by molar-refractivity contribution is 0.122. The molecule has 0 amide bonds. The minimum atomic E-state index is 0.835. The number of H-pyrrole nitrogens is 1. The van der Waals surface area contributed by atoms with Gasteiger partial charge in [-0.2, -0.15) is 0 Å². The van der Waals surface area contributed by atoms with Gasteiger partial charge in [0.25, 0.3) is 0 Å². The fourth-order valence-electron chi connectivity index (χ4n) is 2.28. The molecule has 2 aromatic rings. The Morgan fingerprint density at radius 1 is 1.19 bits per heavy atom. The molecule has 16 heavy (non-hydrogen) atoms. The van der Waals surface area contributed by atoms with Crippen LogP contribution >= 0.6 is 0 Å². The van der Waals surface area contributed by atoms with E-state index in [-0.39, 0.29) is 0 Å². The van der Waals surface area contributed by atoms with E-state index in [2.05, 4.69) is 41.1 Å². The summed E-state index contributed by atoms with van der Waals surface area (Å²) in [5, 5.41) is 1.29. The van der Waals surface area contributed by atoms with Gasteiger partial charge in [-0.3, -0.25) is 0 Å². The number of morpholine rings is 1. The average Bonchev–Trinajstić information content (AvgIpc) is 2.69. The molecule has 0 unspecified atom stereocenters. The van der Waals surface area contributed by atoms with Gasteiger partial charge in [0.2, 0.25) is 0 Å². The van der Waals surface area contributed by atoms with Crippen LogP contribution in [0.5, 0.6) is 0 Å². The third kappa shape index (κ3) is 1.67. The number of nitrogens with one attached hydrogen (secondary N) is 1. The van der Waals surface area contributed by atoms with Crippen molar-refractivity contribution < 1.29 is 4.74 Å². The van der Waals surface area contributed by atoms with E-state index in [1.807, 2.05) is 0 Å². The number of anilines is 1. The van der Waals surface area contributed by atoms with Crippen molar-refractivity contribution in [1.29, 1.82) is 0 Å². The van der Waals surface area contributed by atoms with E-state index in [4.69, 9.17) is 4.74 Å². The Morgan fingerprint density at radius 2 is 2.00 bits per heavy atom. The zero-order valence-electron chi connectivity index (χ0n) is 9.49. The standard InChI is InChI=1S/C13H16N2O/c1-10-8-11-2-3-12(9-13(11)14-10)15-4-6-16-7-5-15/h2-3,8-9,14H,4-7H2,1H3. The van der Waals surface area contributed by atoms with E-state index in [0.717, 1.165) is 26.3 Å². The molecule has 1 fully saturated rings. The zero-order valence-corrected chi connectivity index (χ0v) is 9.49. The quantitative estimate of drug-likeness (QED) is 0.792. The Bertz CT molecular complexity index is 498. The summed E-state index contributed by atoms with van der Waals surface area (Å²) in [6, 6.07) is 8.79. The molecule has 1 aromatic carbocycles. The van der Waals surface area contributed by atoms with Gasteiger partial charge in [0.15, 0.2) is 0 Å². The summed E-state index contributed by atoms with van der Waals surface area (Å²) in [6.07, 6.45) is 0. The van der Waals surface area contributed by atoms with Crippen molar-refractivity contribution in [2.45, 2.75) is 6.92 Å². The van der Waals surface area contributed by atoms with Crippen molar-refractivity contribution in [1.82, 2.24) is 4.98 Å². The number of ether oxygens (including phenoxy) is 1. The molecule has 0 radical (unpaired) electrons. The molecule has 3 rings (SSSR count). The number of fused-ring (bicyclic) bond motifs is 1. The number of hydrogen-bond acceptors (Lipinski definition) is 2. The minimum absolute atomic E-state index is 0.835. The van der Waals surface area contributed by atoms with Crippen molar-refractivity contribution in [2.75, 3.05) is 31.2 Å². The van der Waals surface area contributed by atoms with Gasteiger partial charge in [-0.1, -0.05) is 6.07 Å². The maximum Gasteiger partial charge on any atom is 0.0642 e. The highest BCUT2D eigenvalue weighted by Crippen LogP contribution is 2.23. The summed E-state index contributed by atoms with van der Waals surface area (Å²) in [5.74, 6) is 0. The zero-order chi connectivity index (χ0) is 11.0. The van der Waals surface area contributed by atoms with Crippen LogP contribution in [0.2, 0.25) is 0 Å². The second-order valence-corrected chi connectivity index (χ2v) is 4.32. The lowest BCUT2D eigenvalue weighted by atomic mass is 10.2. The molecule has 3 nitrogen and oxygen atoms in total. The molecule has 0 atom stereocenters. The predicted octanol–water partition coefficient (Wildman–Crippen LogP) is 2.31. The number of aryl methyl sites for hydroxylation is 1. The molecular formula is C13H16N2O. The van der Waals surface area contributed by atoms with E-state index in [1.165, 1.54) is 22.3 Å². The number of rotatable bonds is 1. The molecule has 0 saturated carbocycles. The molecule has 1 aliphatic rings. The monoisotopic (exact) mass is 216 g/mol. The highest BCUT2D eigenvalue weighted by Gasteiger charge is 2.11. The topological polar surface area (TPSA) is 28.3 Å². The first-order chi connectivity index (χ1) is 7.83. The average molecular weight is 216 g/mol. The van der Waals surface area contributed by atoms with Crippen LogP contribution in [0.3, 0.4) is 0 Å². The maximum absolute atomic E-state index is 5.36. The molecule has 1 aliphatic heterocycles. The molecule has 0 bridgehead atoms. The van der Waals surface area contributed by atoms with Gasteiger partial charge >= 0.3 is 0 Å². The Morgan fingerprint density at radius 3 is 2.81 bits per heavy atom. The van der Waals surface area contributed by atoms with Gasteiger partial charge in [0.1, 0.15) is 0 Å². The first-order valence-electron chi connectivity index (χ1n) is 5.75. The van der Waals surface area contributed by atoms with E-state index >= 15 is 0 Å². The molecule has 0 spiro atoms. The number of benzene rings is 1. The fourth-order valence-corrected chi connectivity index (χ4v) is 2.28. The van der Waals surface area contributed by atoms with E-state index < -0.39 is 0 Å². The first-order valence-corrected chi connectivity index (χ1v) is 5.75. The van der Waals surface area contributed by atoms with Gasteiger partial charge in [-0.15, -0.1) is 0 Å². The van der Waals surface area contributed by atoms with Gasteiger partial charge in [0, 0.05) is 30.0 Å². The van der Waals surface area contributed by atoms with Crippen molar-refractivity contribution in [3.05, 3.63) is 30.0 Å². The van der Waals surface area contributed by atoms with Gasteiger partial charge < -0.3 is 14.6 Å². The van der Waals surface area contributed by atoms with E-state index in [1.54, 1.807) is 0 Å². The summed E-state index contributed by atoms with van der Waals surface area (Å²) < 4.78 is 5.36. The van der Waals surface area contributed by atoms with Gasteiger partial charge in [0.05, 0.1) is 13.2 Å². The fraction of sp³-hybridized carbons (Fsp3) is 0.385. The second kappa shape index (κ2) is 3.83. The number of aromatic nitrogens is 1. The third-order valence-electron chi connectivity index (χ3n) is 3.12. The maximum atomic E-state index is 5.36. The van der Waals surface area contributed by atoms with Crippen LogP contribution in [0.15, 0.2) is 24.3 Å². The molecule has 1 N–H and O–H groups in total. The van der Waals surface area contributed by atoms with Gasteiger partial charge in [-0.25, -0.2) is 0 Å². The molecule has 0 aliphatic carbocycles. The van der Waals surface area contributed by atoms with Crippen molar-refractivity contribution in [3.63, 3.8) is 0 Å². The summed E-state index contributed by atoms with van der Waals surface area (Å²) in [5.41, 5.74) is 3.73. The summed E-state index contributed by atoms with van der Waals surface area (Å²) in [6.45, 7) is 5.74. The lowest BCUT2D eigenvalue weighted by Crippen LogP contribution is -2.36. The van der Waals surface area contributed by atoms with Crippen molar-refractivity contribution in [3.8, 4) is 0 Å².